The summed E-state index contributed by atoms with van der Waals surface area (Å²) in [6.07, 6.45) is 3.51. The van der Waals surface area contributed by atoms with Gasteiger partial charge in [0.15, 0.2) is 0 Å². The van der Waals surface area contributed by atoms with Crippen LogP contribution in [0.5, 0.6) is 0 Å². The van der Waals surface area contributed by atoms with Gasteiger partial charge in [-0.3, -0.25) is 0 Å². The monoisotopic (exact) mass is 364 g/mol. The van der Waals surface area contributed by atoms with Gasteiger partial charge in [-0.05, 0) is 37.9 Å². The molecule has 0 spiro atoms. The molecule has 0 aliphatic carbocycles. The molecule has 0 amide bonds. The maximum absolute atomic E-state index is 6.25. The number of nitrogens with one attached hydrogen (secondary N) is 1. The van der Waals surface area contributed by atoms with Crippen molar-refractivity contribution in [3.05, 3.63) is 26.7 Å². The number of piperidine rings is 1. The molecule has 1 N–H and O–H groups in total. The summed E-state index contributed by atoms with van der Waals surface area (Å²) in [5.41, 5.74) is 0.862. The smallest absolute Gasteiger partial charge is 0.0721 e. The van der Waals surface area contributed by atoms with Gasteiger partial charge >= 0.3 is 0 Å². The minimum Gasteiger partial charge on any atom is -0.380 e. The Morgan fingerprint density at radius 3 is 2.37 bits per heavy atom. The van der Waals surface area contributed by atoms with Gasteiger partial charge in [-0.1, -0.05) is 46.1 Å². The van der Waals surface area contributed by atoms with E-state index in [9.17, 15) is 0 Å². The van der Waals surface area contributed by atoms with Gasteiger partial charge in [-0.25, -0.2) is 0 Å². The van der Waals surface area contributed by atoms with Crippen LogP contribution in [0.15, 0.2) is 16.6 Å². The molecule has 19 heavy (non-hydrogen) atoms. The van der Waals surface area contributed by atoms with Crippen LogP contribution in [0.2, 0.25) is 10.0 Å². The molecule has 1 aromatic rings. The van der Waals surface area contributed by atoms with Gasteiger partial charge in [0.1, 0.15) is 0 Å². The van der Waals surface area contributed by atoms with E-state index in [0.717, 1.165) is 36.1 Å². The first-order valence-electron chi connectivity index (χ1n) is 6.73. The summed E-state index contributed by atoms with van der Waals surface area (Å²) in [5, 5.41) is 4.85. The highest BCUT2D eigenvalue weighted by Gasteiger charge is 2.20. The van der Waals surface area contributed by atoms with Crippen molar-refractivity contribution in [2.45, 2.75) is 32.2 Å². The second-order valence-corrected chi connectivity index (χ2v) is 6.73. The van der Waals surface area contributed by atoms with Crippen LogP contribution in [0.1, 0.15) is 26.2 Å². The first-order valence-corrected chi connectivity index (χ1v) is 8.28. The molecule has 1 saturated heterocycles. The Hall–Kier alpha value is 0.0400. The van der Waals surface area contributed by atoms with Gasteiger partial charge in [0.2, 0.25) is 0 Å². The van der Waals surface area contributed by atoms with E-state index in [0.29, 0.717) is 16.1 Å². The van der Waals surface area contributed by atoms with E-state index in [-0.39, 0.29) is 0 Å². The molecule has 0 unspecified atom stereocenters. The number of benzene rings is 1. The van der Waals surface area contributed by atoms with Crippen molar-refractivity contribution in [2.24, 2.45) is 0 Å². The molecule has 0 aromatic heterocycles. The number of anilines is 1. The Balaban J connectivity index is 1.96. The fourth-order valence-corrected chi connectivity index (χ4v) is 3.82. The van der Waals surface area contributed by atoms with Crippen LogP contribution >= 0.6 is 39.1 Å². The molecule has 1 fully saturated rings. The molecular weight excluding hydrogens is 347 g/mol. The van der Waals surface area contributed by atoms with Gasteiger partial charge in [0.05, 0.1) is 15.7 Å². The highest BCUT2D eigenvalue weighted by molar-refractivity contribution is 9.10. The summed E-state index contributed by atoms with van der Waals surface area (Å²) in [7, 11) is 0. The Bertz CT molecular complexity index is 408. The van der Waals surface area contributed by atoms with E-state index in [4.69, 9.17) is 23.2 Å². The number of likely N-dealkylation sites (tertiary alicyclic amines) is 1. The number of nitrogens with zero attached hydrogens (tertiary/aromatic N) is 1. The van der Waals surface area contributed by atoms with Gasteiger partial charge < -0.3 is 10.2 Å². The van der Waals surface area contributed by atoms with Crippen LogP contribution in [0, 0.1) is 0 Å². The molecular formula is C14H19BrCl2N2. The summed E-state index contributed by atoms with van der Waals surface area (Å²) in [5.74, 6) is 0. The lowest BCUT2D eigenvalue weighted by atomic mass is 10.0. The average molecular weight is 366 g/mol. The minimum atomic E-state index is 0.462. The Morgan fingerprint density at radius 1 is 1.26 bits per heavy atom. The Kier molecular flexibility index (Phi) is 5.82. The SMILES string of the molecule is CCCN1CCC(Nc2c(Cl)cc(Br)cc2Cl)CC1. The lowest BCUT2D eigenvalue weighted by Gasteiger charge is -2.33. The van der Waals surface area contributed by atoms with Crippen LogP contribution < -0.4 is 5.32 Å². The summed E-state index contributed by atoms with van der Waals surface area (Å²) in [6, 6.07) is 4.22. The lowest BCUT2D eigenvalue weighted by Crippen LogP contribution is -2.39. The molecule has 106 valence electrons. The minimum absolute atomic E-state index is 0.462. The predicted molar refractivity (Wildman–Crippen MR) is 87.5 cm³/mol. The zero-order chi connectivity index (χ0) is 13.8. The van der Waals surface area contributed by atoms with E-state index < -0.39 is 0 Å². The highest BCUT2D eigenvalue weighted by atomic mass is 79.9. The predicted octanol–water partition coefficient (Wildman–Crippen LogP) is 5.04. The largest absolute Gasteiger partial charge is 0.380 e. The van der Waals surface area contributed by atoms with E-state index in [1.165, 1.54) is 13.0 Å². The molecule has 0 atom stereocenters. The molecule has 0 saturated carbocycles. The number of halogens is 3. The van der Waals surface area contributed by atoms with Crippen LogP contribution in [-0.4, -0.2) is 30.6 Å². The topological polar surface area (TPSA) is 15.3 Å². The molecule has 1 heterocycles. The van der Waals surface area contributed by atoms with Crippen molar-refractivity contribution in [3.8, 4) is 0 Å². The summed E-state index contributed by atoms with van der Waals surface area (Å²) in [4.78, 5) is 2.52. The average Bonchev–Trinajstić information content (AvgIpc) is 2.36. The molecule has 1 aromatic carbocycles. The number of hydrogen-bond donors (Lipinski definition) is 1. The van der Waals surface area contributed by atoms with Crippen LogP contribution in [0.25, 0.3) is 0 Å². The van der Waals surface area contributed by atoms with Crippen LogP contribution in [0.4, 0.5) is 5.69 Å². The summed E-state index contributed by atoms with van der Waals surface area (Å²) in [6.45, 7) is 5.73. The maximum atomic E-state index is 6.25. The van der Waals surface area contributed by atoms with E-state index in [1.54, 1.807) is 0 Å². The van der Waals surface area contributed by atoms with E-state index >= 15 is 0 Å². The van der Waals surface area contributed by atoms with Crippen molar-refractivity contribution in [1.29, 1.82) is 0 Å². The number of rotatable bonds is 4. The van der Waals surface area contributed by atoms with E-state index in [2.05, 4.69) is 33.1 Å². The third-order valence-electron chi connectivity index (χ3n) is 3.48. The second-order valence-electron chi connectivity index (χ2n) is 5.00. The summed E-state index contributed by atoms with van der Waals surface area (Å²) >= 11 is 15.9. The molecule has 0 bridgehead atoms. The van der Waals surface area contributed by atoms with Crippen molar-refractivity contribution >= 4 is 44.8 Å². The van der Waals surface area contributed by atoms with Gasteiger partial charge in [0, 0.05) is 23.6 Å². The Morgan fingerprint density at radius 2 is 1.84 bits per heavy atom. The molecule has 1 aliphatic rings. The van der Waals surface area contributed by atoms with Gasteiger partial charge in [-0.15, -0.1) is 0 Å². The fraction of sp³-hybridized carbons (Fsp3) is 0.571. The zero-order valence-electron chi connectivity index (χ0n) is 11.1. The third-order valence-corrected chi connectivity index (χ3v) is 4.54. The number of hydrogen-bond acceptors (Lipinski definition) is 2. The van der Waals surface area contributed by atoms with Crippen LogP contribution in [0.3, 0.4) is 0 Å². The fourth-order valence-electron chi connectivity index (χ4n) is 2.50. The molecule has 2 nitrogen and oxygen atoms in total. The van der Waals surface area contributed by atoms with Gasteiger partial charge in [0.25, 0.3) is 0 Å². The van der Waals surface area contributed by atoms with Crippen molar-refractivity contribution in [3.63, 3.8) is 0 Å². The third kappa shape index (κ3) is 4.25. The normalized spacial score (nSPS) is 17.7. The van der Waals surface area contributed by atoms with E-state index in [1.807, 2.05) is 12.1 Å². The highest BCUT2D eigenvalue weighted by Crippen LogP contribution is 2.35. The first kappa shape index (κ1) is 15.4. The van der Waals surface area contributed by atoms with Crippen molar-refractivity contribution in [2.75, 3.05) is 25.0 Å². The molecule has 0 radical (unpaired) electrons. The van der Waals surface area contributed by atoms with Crippen molar-refractivity contribution in [1.82, 2.24) is 4.90 Å². The molecule has 1 aliphatic heterocycles. The quantitative estimate of drug-likeness (QED) is 0.803. The second kappa shape index (κ2) is 7.16. The maximum Gasteiger partial charge on any atom is 0.0721 e. The van der Waals surface area contributed by atoms with Crippen molar-refractivity contribution < 1.29 is 0 Å². The molecule has 5 heteroatoms. The first-order chi connectivity index (χ1) is 9.10. The standard InChI is InChI=1S/C14H19BrCl2N2/c1-2-5-19-6-3-11(4-7-19)18-14-12(16)8-10(15)9-13(14)17/h8-9,11,18H,2-7H2,1H3. The van der Waals surface area contributed by atoms with Gasteiger partial charge in [-0.2, -0.15) is 0 Å². The summed E-state index contributed by atoms with van der Waals surface area (Å²) < 4.78 is 0.908. The van der Waals surface area contributed by atoms with Crippen LogP contribution in [-0.2, 0) is 0 Å². The lowest BCUT2D eigenvalue weighted by molar-refractivity contribution is 0.219. The Labute approximate surface area is 133 Å². The zero-order valence-corrected chi connectivity index (χ0v) is 14.2. The molecule has 2 rings (SSSR count).